The summed E-state index contributed by atoms with van der Waals surface area (Å²) in [6, 6.07) is 2.03. The molecule has 228 valence electrons. The van der Waals surface area contributed by atoms with Gasteiger partial charge < -0.3 is 33.8 Å². The third-order valence-electron chi connectivity index (χ3n) is 6.19. The highest BCUT2D eigenvalue weighted by Crippen LogP contribution is 2.47. The Morgan fingerprint density at radius 2 is 1.44 bits per heavy atom. The van der Waals surface area contributed by atoms with Crippen LogP contribution in [0.3, 0.4) is 0 Å². The molecule has 2 fully saturated rings. The lowest BCUT2D eigenvalue weighted by Crippen LogP contribution is -2.39. The zero-order chi connectivity index (χ0) is 30.1. The predicted octanol–water partition coefficient (Wildman–Crippen LogP) is -2.54. The first-order chi connectivity index (χ1) is 19.3. The number of nitrogens with zero attached hydrogens (tertiary/aromatic N) is 2. The van der Waals surface area contributed by atoms with Crippen molar-refractivity contribution in [2.24, 2.45) is 0 Å². The van der Waals surface area contributed by atoms with E-state index in [0.29, 0.717) is 0 Å². The molecule has 2 aromatic rings. The molecule has 2 aromatic heterocycles. The van der Waals surface area contributed by atoms with Crippen molar-refractivity contribution in [2.75, 3.05) is 20.3 Å². The Morgan fingerprint density at radius 3 is 1.95 bits per heavy atom. The van der Waals surface area contributed by atoms with Gasteiger partial charge in [-0.3, -0.25) is 42.3 Å². The summed E-state index contributed by atoms with van der Waals surface area (Å²) in [5.41, 5.74) is -3.17. The van der Waals surface area contributed by atoms with Gasteiger partial charge in [0.25, 0.3) is 11.1 Å². The van der Waals surface area contributed by atoms with Gasteiger partial charge >= 0.3 is 19.2 Å². The van der Waals surface area contributed by atoms with Gasteiger partial charge in [0.2, 0.25) is 7.23 Å². The topological polar surface area (TPSA) is 260 Å². The summed E-state index contributed by atoms with van der Waals surface area (Å²) in [6.07, 6.45) is -8.86. The van der Waals surface area contributed by atoms with Crippen molar-refractivity contribution in [3.63, 3.8) is 0 Å². The van der Waals surface area contributed by atoms with Crippen molar-refractivity contribution in [3.05, 3.63) is 66.2 Å². The lowest BCUT2D eigenvalue weighted by atomic mass is 10.1. The molecule has 0 amide bonds. The molecule has 2 aliphatic rings. The Labute approximate surface area is 234 Å². The Hall–Kier alpha value is -2.19. The summed E-state index contributed by atoms with van der Waals surface area (Å²) in [5, 5.41) is 20.6. The van der Waals surface area contributed by atoms with Gasteiger partial charge in [-0.2, -0.15) is 0 Å². The number of phosphoric ester groups is 1. The minimum absolute atomic E-state index is 0.675. The van der Waals surface area contributed by atoms with E-state index in [-0.39, 0.29) is 0 Å². The van der Waals surface area contributed by atoms with Crippen molar-refractivity contribution in [2.45, 2.75) is 49.1 Å². The maximum absolute atomic E-state index is 12.6. The van der Waals surface area contributed by atoms with Crippen LogP contribution in [0.4, 0.5) is 0 Å². The largest absolute Gasteiger partial charge is 0.472 e. The molecule has 41 heavy (non-hydrogen) atoms. The van der Waals surface area contributed by atoms with Crippen LogP contribution in [0.2, 0.25) is 0 Å². The minimum Gasteiger partial charge on any atom is -0.387 e. The molecular formula is C19H26N4O15P2S. The highest BCUT2D eigenvalue weighted by Gasteiger charge is 2.49. The van der Waals surface area contributed by atoms with Gasteiger partial charge in [-0.25, -0.2) is 14.2 Å². The molecule has 2 saturated heterocycles. The molecule has 4 heterocycles. The van der Waals surface area contributed by atoms with E-state index in [4.69, 9.17) is 27.8 Å². The number of methoxy groups -OCH3 is 1. The lowest BCUT2D eigenvalue weighted by molar-refractivity contribution is -0.0671. The van der Waals surface area contributed by atoms with Crippen molar-refractivity contribution in [1.82, 2.24) is 19.1 Å². The van der Waals surface area contributed by atoms with Gasteiger partial charge in [-0.15, -0.1) is 0 Å². The molecule has 19 nitrogen and oxygen atoms in total. The number of H-pyrrole nitrogens is 2. The average molecular weight is 644 g/mol. The van der Waals surface area contributed by atoms with E-state index < -0.39 is 99.8 Å². The summed E-state index contributed by atoms with van der Waals surface area (Å²) in [4.78, 5) is 61.2. The van der Waals surface area contributed by atoms with Crippen LogP contribution in [-0.4, -0.2) is 91.2 Å². The van der Waals surface area contributed by atoms with E-state index in [2.05, 4.69) is 12.2 Å². The Morgan fingerprint density at radius 1 is 0.927 bits per heavy atom. The number of aromatic amines is 2. The number of ether oxygens (including phenoxy) is 3. The summed E-state index contributed by atoms with van der Waals surface area (Å²) in [6.45, 7) is -1.51. The zero-order valence-corrected chi connectivity index (χ0v) is 23.7. The first-order valence-corrected chi connectivity index (χ1v) is 15.8. The first kappa shape index (κ1) is 31.7. The minimum atomic E-state index is -4.92. The molecule has 0 spiro atoms. The van der Waals surface area contributed by atoms with Gasteiger partial charge in [0.1, 0.15) is 36.6 Å². The highest BCUT2D eigenvalue weighted by atomic mass is 32.7. The van der Waals surface area contributed by atoms with E-state index in [9.17, 15) is 43.4 Å². The van der Waals surface area contributed by atoms with Crippen molar-refractivity contribution >= 4 is 27.3 Å². The maximum atomic E-state index is 12.6. The highest BCUT2D eigenvalue weighted by molar-refractivity contribution is 8.39. The molecule has 2 aliphatic heterocycles. The van der Waals surface area contributed by atoms with Crippen LogP contribution in [0.5, 0.6) is 0 Å². The van der Waals surface area contributed by atoms with Gasteiger partial charge in [-0.05, 0) is 0 Å². The number of rotatable bonds is 11. The molecule has 0 aliphatic carbocycles. The van der Waals surface area contributed by atoms with Crippen LogP contribution in [0.25, 0.3) is 0 Å². The number of hydrogen-bond acceptors (Lipinski definition) is 14. The predicted molar refractivity (Wildman–Crippen MR) is 138 cm³/mol. The summed E-state index contributed by atoms with van der Waals surface area (Å²) in [7, 11) is -6.60. The van der Waals surface area contributed by atoms with E-state index in [0.717, 1.165) is 33.7 Å². The normalized spacial score (nSPS) is 32.1. The third kappa shape index (κ3) is 7.24. The van der Waals surface area contributed by atoms with Crippen LogP contribution in [0.1, 0.15) is 12.5 Å². The lowest BCUT2D eigenvalue weighted by Gasteiger charge is -2.23. The molecule has 0 radical (unpaired) electrons. The standard InChI is InChI=1S/C19H26N4O15P2S/c1-33-15-14(38-39(30)41)9(37-17(15)23-5-3-11(25)21-19(23)29)7-35-40(31,32)34-6-8-12(26)13(27)16(36-8)22-4-2-10(24)20-18(22)28/h2-5,8-9,12-17,26-27,39H,6-7H2,1H3,(H,30,41)(H,31,32)(H,20,24,28)(H,21,25,29)/t8-,9-,12?,13?,14?,15?,16-,17-/m1/s1. The third-order valence-corrected chi connectivity index (χ3v) is 7.93. The van der Waals surface area contributed by atoms with Gasteiger partial charge in [-0.1, -0.05) is 12.2 Å². The van der Waals surface area contributed by atoms with E-state index in [1.165, 1.54) is 7.11 Å². The maximum Gasteiger partial charge on any atom is 0.472 e. The van der Waals surface area contributed by atoms with Crippen LogP contribution < -0.4 is 22.5 Å². The molecular weight excluding hydrogens is 618 g/mol. The number of aromatic nitrogens is 4. The second-order valence-electron chi connectivity index (χ2n) is 8.75. The number of aliphatic hydroxyl groups is 2. The van der Waals surface area contributed by atoms with E-state index in [1.54, 1.807) is 0 Å². The van der Waals surface area contributed by atoms with Gasteiger partial charge in [0.15, 0.2) is 12.5 Å². The number of thiol groups is 1. The monoisotopic (exact) mass is 644 g/mol. The van der Waals surface area contributed by atoms with Gasteiger partial charge in [0, 0.05) is 31.6 Å². The summed E-state index contributed by atoms with van der Waals surface area (Å²) >= 11 is 3.74. The molecule has 5 N–H and O–H groups in total. The van der Waals surface area contributed by atoms with Crippen LogP contribution in [-0.2, 0) is 36.9 Å². The fraction of sp³-hybridized carbons (Fsp3) is 0.579. The van der Waals surface area contributed by atoms with Gasteiger partial charge in [0.05, 0.1) is 13.2 Å². The quantitative estimate of drug-likeness (QED) is 0.109. The second kappa shape index (κ2) is 13.0. The number of phosphoric acid groups is 1. The molecule has 22 heteroatoms. The van der Waals surface area contributed by atoms with Crippen molar-refractivity contribution in [1.29, 1.82) is 0 Å². The van der Waals surface area contributed by atoms with Crippen LogP contribution in [0.15, 0.2) is 43.7 Å². The first-order valence-electron chi connectivity index (χ1n) is 11.7. The Balaban J connectivity index is 1.42. The molecule has 0 aromatic carbocycles. The average Bonchev–Trinajstić information content (AvgIpc) is 3.37. The number of nitrogens with one attached hydrogen (secondary N) is 2. The molecule has 4 rings (SSSR count). The SMILES string of the molecule is COC1C(O[PH](=O)S)[C@@H](COP(=O)(O)OC[C@H]2O[C@@H](n3ccc(=O)[nH]c3=O)C(O)C2O)O[C@H]1n1ccc(=O)[nH]c1=O. The summed E-state index contributed by atoms with van der Waals surface area (Å²) in [5.74, 6) is 0. The van der Waals surface area contributed by atoms with Crippen molar-refractivity contribution in [3.8, 4) is 0 Å². The second-order valence-corrected chi connectivity index (χ2v) is 12.1. The number of hydrogen-bond donors (Lipinski definition) is 6. The fourth-order valence-electron chi connectivity index (χ4n) is 4.30. The van der Waals surface area contributed by atoms with Crippen LogP contribution >= 0.6 is 27.3 Å². The molecule has 0 saturated carbocycles. The summed E-state index contributed by atoms with van der Waals surface area (Å²) < 4.78 is 57.8. The molecule has 10 atom stereocenters. The Bertz CT molecular complexity index is 1540. The van der Waals surface area contributed by atoms with E-state index in [1.807, 2.05) is 9.97 Å². The van der Waals surface area contributed by atoms with Crippen molar-refractivity contribution < 1.29 is 52.0 Å². The zero-order valence-electron chi connectivity index (χ0n) is 20.9. The fourth-order valence-corrected chi connectivity index (χ4v) is 5.93. The molecule has 0 bridgehead atoms. The smallest absolute Gasteiger partial charge is 0.387 e. The van der Waals surface area contributed by atoms with E-state index >= 15 is 0 Å². The molecule has 6 unspecified atom stereocenters. The Kier molecular flexibility index (Phi) is 10.1. The number of aliphatic hydroxyl groups excluding tert-OH is 2. The van der Waals surface area contributed by atoms with Crippen LogP contribution in [0, 0.1) is 0 Å².